The van der Waals surface area contributed by atoms with Crippen molar-refractivity contribution in [3.63, 3.8) is 0 Å². The van der Waals surface area contributed by atoms with Crippen molar-refractivity contribution in [3.05, 3.63) is 51.2 Å². The molecular weight excluding hydrogens is 543 g/mol. The molecule has 10 nitrogen and oxygen atoms in total. The van der Waals surface area contributed by atoms with E-state index < -0.39 is 69.5 Å². The lowest BCUT2D eigenvalue weighted by Crippen LogP contribution is -2.63. The zero-order valence-corrected chi connectivity index (χ0v) is 25.6. The fraction of sp³-hybridized carbons (Fsp3) is 0.581. The topological polar surface area (TPSA) is 171 Å². The maximum atomic E-state index is 16.2. The van der Waals surface area contributed by atoms with Gasteiger partial charge >= 0.3 is 0 Å². The zero-order chi connectivity index (χ0) is 31.9. The molecule has 1 unspecified atom stereocenters. The van der Waals surface area contributed by atoms with Crippen molar-refractivity contribution in [1.82, 2.24) is 9.80 Å². The van der Waals surface area contributed by atoms with Crippen molar-refractivity contribution < 1.29 is 34.4 Å². The predicted molar refractivity (Wildman–Crippen MR) is 156 cm³/mol. The molecule has 1 aromatic rings. The highest BCUT2D eigenvalue weighted by Gasteiger charge is 2.61. The number of allylic oxidation sites excluding steroid dienone is 1. The van der Waals surface area contributed by atoms with Crippen molar-refractivity contribution in [2.45, 2.75) is 77.6 Å². The molecule has 0 fully saturated rings. The molecule has 0 saturated carbocycles. The van der Waals surface area contributed by atoms with Gasteiger partial charge in [-0.05, 0) is 71.7 Å². The van der Waals surface area contributed by atoms with E-state index in [0.717, 1.165) is 6.42 Å². The van der Waals surface area contributed by atoms with Crippen molar-refractivity contribution in [2.24, 2.45) is 23.0 Å². The van der Waals surface area contributed by atoms with Crippen LogP contribution in [0, 0.1) is 28.5 Å². The number of ketones is 1. The van der Waals surface area contributed by atoms with Crippen LogP contribution in [0.3, 0.4) is 0 Å². The molecule has 230 valence electrons. The summed E-state index contributed by atoms with van der Waals surface area (Å²) in [4.78, 5) is 29.5. The summed E-state index contributed by atoms with van der Waals surface area (Å²) in [6.45, 7) is 10.7. The van der Waals surface area contributed by atoms with Crippen molar-refractivity contribution >= 4 is 17.4 Å². The average Bonchev–Trinajstić information content (AvgIpc) is 2.82. The number of aromatic hydroxyl groups is 1. The summed E-state index contributed by atoms with van der Waals surface area (Å²) in [5.74, 6) is -6.30. The van der Waals surface area contributed by atoms with Gasteiger partial charge < -0.3 is 31.6 Å². The Morgan fingerprint density at radius 2 is 1.76 bits per heavy atom. The molecule has 0 spiro atoms. The second kappa shape index (κ2) is 10.2. The monoisotopic (exact) mass is 586 g/mol. The van der Waals surface area contributed by atoms with E-state index in [1.165, 1.54) is 11.0 Å². The highest BCUT2D eigenvalue weighted by molar-refractivity contribution is 6.26. The number of phenolic OH excluding ortho intramolecular Hbond substituents is 1. The molecule has 0 bridgehead atoms. The van der Waals surface area contributed by atoms with Crippen LogP contribution in [0.2, 0.25) is 0 Å². The summed E-state index contributed by atoms with van der Waals surface area (Å²) in [5.41, 5.74) is 0.887. The number of hydrogen-bond acceptors (Lipinski definition) is 9. The van der Waals surface area contributed by atoms with Gasteiger partial charge in [-0.3, -0.25) is 19.4 Å². The van der Waals surface area contributed by atoms with Crippen molar-refractivity contribution in [2.75, 3.05) is 21.1 Å². The number of nitrogens with zero attached hydrogens (tertiary/aromatic N) is 2. The van der Waals surface area contributed by atoms with Crippen LogP contribution < -0.4 is 5.73 Å². The minimum absolute atomic E-state index is 0.0221. The number of carbonyl (C=O) groups excluding carboxylic acids is 2. The van der Waals surface area contributed by atoms with Crippen LogP contribution in [0.25, 0.3) is 0 Å². The normalized spacial score (nSPS) is 26.5. The first-order valence-corrected chi connectivity index (χ1v) is 14.1. The number of nitrogens with one attached hydrogen (secondary N) is 1. The molecule has 0 aliphatic heterocycles. The lowest BCUT2D eigenvalue weighted by molar-refractivity contribution is -0.114. The molecular formula is C31H43FN4O6. The fourth-order valence-electron chi connectivity index (χ4n) is 7.42. The number of nitrogens with two attached hydrogens (primary N) is 1. The van der Waals surface area contributed by atoms with Crippen LogP contribution in [-0.4, -0.2) is 86.0 Å². The van der Waals surface area contributed by atoms with Gasteiger partial charge in [0.25, 0.3) is 5.91 Å². The summed E-state index contributed by atoms with van der Waals surface area (Å²) in [6.07, 6.45) is 0.746. The first kappa shape index (κ1) is 31.7. The van der Waals surface area contributed by atoms with E-state index in [9.17, 15) is 30.0 Å². The molecule has 4 atom stereocenters. The van der Waals surface area contributed by atoms with Gasteiger partial charge in [0, 0.05) is 34.7 Å². The Hall–Kier alpha value is -3.28. The standard InChI is InChI=1S/C31H43FN4O6/c1-29(2,3)13-30(4,5)36(8)12-15-11-18(37)20-16(22(15)32)9-14-10-17-23(35(6)7)25(39)21(28(34)41)26(33)31(17,42)27(40)19(14)24(20)38/h11,14,17,23,33,37,39-40,42H,9-10,12-13H2,1-8H3,(H2,34,41)/t14-,17?,23-,31+/m0/s1. The second-order valence-electron chi connectivity index (χ2n) is 14.1. The maximum Gasteiger partial charge on any atom is 0.254 e. The van der Waals surface area contributed by atoms with Gasteiger partial charge in [-0.1, -0.05) is 20.8 Å². The average molecular weight is 587 g/mol. The summed E-state index contributed by atoms with van der Waals surface area (Å²) in [6, 6.07) is 0.195. The molecule has 3 aliphatic carbocycles. The largest absolute Gasteiger partial charge is 0.510 e. The quantitative estimate of drug-likeness (QED) is 0.295. The summed E-state index contributed by atoms with van der Waals surface area (Å²) >= 11 is 0. The van der Waals surface area contributed by atoms with Gasteiger partial charge in [0.1, 0.15) is 28.7 Å². The number of Topliss-reactive ketones (excluding diaryl/α,β-unsaturated/α-hetero) is 1. The number of halogens is 1. The first-order chi connectivity index (χ1) is 19.1. The van der Waals surface area contributed by atoms with E-state index in [-0.39, 0.29) is 52.6 Å². The highest BCUT2D eigenvalue weighted by Crippen LogP contribution is 2.52. The van der Waals surface area contributed by atoms with E-state index in [1.54, 1.807) is 14.1 Å². The lowest BCUT2D eigenvalue weighted by atomic mass is 9.58. The van der Waals surface area contributed by atoms with E-state index in [0.29, 0.717) is 0 Å². The number of aliphatic hydroxyl groups is 3. The second-order valence-corrected chi connectivity index (χ2v) is 14.1. The number of likely N-dealkylation sites (N-methyl/N-ethyl adjacent to an activating group) is 1. The first-order valence-electron chi connectivity index (χ1n) is 14.1. The number of fused-ring (bicyclic) bond motifs is 3. The van der Waals surface area contributed by atoms with Gasteiger partial charge in [0.2, 0.25) is 0 Å². The number of phenols is 1. The van der Waals surface area contributed by atoms with E-state index in [4.69, 9.17) is 11.1 Å². The van der Waals surface area contributed by atoms with Crippen LogP contribution in [-0.2, 0) is 17.8 Å². The van der Waals surface area contributed by atoms with Crippen molar-refractivity contribution in [1.29, 1.82) is 5.41 Å². The van der Waals surface area contributed by atoms with Crippen LogP contribution in [0.15, 0.2) is 28.7 Å². The Morgan fingerprint density at radius 1 is 1.17 bits per heavy atom. The smallest absolute Gasteiger partial charge is 0.254 e. The Bertz CT molecular complexity index is 1440. The van der Waals surface area contributed by atoms with Crippen LogP contribution in [0.1, 0.15) is 68.9 Å². The summed E-state index contributed by atoms with van der Waals surface area (Å²) in [7, 11) is 5.07. The molecule has 1 aromatic carbocycles. The van der Waals surface area contributed by atoms with Crippen molar-refractivity contribution in [3.8, 4) is 5.75 Å². The number of benzene rings is 1. The molecule has 11 heteroatoms. The predicted octanol–water partition coefficient (Wildman–Crippen LogP) is 3.36. The molecule has 7 N–H and O–H groups in total. The van der Waals surface area contributed by atoms with Crippen LogP contribution in [0.4, 0.5) is 4.39 Å². The van der Waals surface area contributed by atoms with E-state index in [1.807, 2.05) is 11.9 Å². The molecule has 42 heavy (non-hydrogen) atoms. The number of amides is 1. The number of aliphatic hydroxyl groups excluding tert-OH is 2. The molecule has 3 aliphatic rings. The van der Waals surface area contributed by atoms with E-state index in [2.05, 4.69) is 34.6 Å². The molecule has 1 amide bonds. The van der Waals surface area contributed by atoms with Crippen LogP contribution >= 0.6 is 0 Å². The zero-order valence-electron chi connectivity index (χ0n) is 25.6. The third-order valence-corrected chi connectivity index (χ3v) is 9.19. The third-order valence-electron chi connectivity index (χ3n) is 9.19. The molecule has 0 saturated heterocycles. The van der Waals surface area contributed by atoms with Gasteiger partial charge in [-0.25, -0.2) is 4.39 Å². The minimum Gasteiger partial charge on any atom is -0.510 e. The number of primary amides is 1. The minimum atomic E-state index is -2.51. The van der Waals surface area contributed by atoms with Gasteiger partial charge in [-0.15, -0.1) is 0 Å². The lowest BCUT2D eigenvalue weighted by Gasteiger charge is -2.51. The Morgan fingerprint density at radius 3 is 2.29 bits per heavy atom. The molecule has 0 radical (unpaired) electrons. The molecule has 0 heterocycles. The summed E-state index contributed by atoms with van der Waals surface area (Å²) < 4.78 is 16.2. The molecule has 4 rings (SSSR count). The van der Waals surface area contributed by atoms with E-state index >= 15 is 4.39 Å². The Kier molecular flexibility index (Phi) is 7.66. The number of hydrogen-bond donors (Lipinski definition) is 6. The van der Waals surface area contributed by atoms with Gasteiger partial charge in [0.15, 0.2) is 11.4 Å². The SMILES string of the molecule is CN(C)[C@@H]1C(O)=C(C(N)=O)C(=N)[C@@]2(O)C(O)=C3C(=O)c4c(O)cc(CN(C)C(C)(C)CC(C)(C)C)c(F)c4C[C@H]3CC12. The van der Waals surface area contributed by atoms with Gasteiger partial charge in [0.05, 0.1) is 17.3 Å². The fourth-order valence-corrected chi connectivity index (χ4v) is 7.42. The van der Waals surface area contributed by atoms with Crippen LogP contribution in [0.5, 0.6) is 5.75 Å². The number of rotatable bonds is 6. The number of carbonyl (C=O) groups is 2. The Labute approximate surface area is 245 Å². The third kappa shape index (κ3) is 4.81. The van der Waals surface area contributed by atoms with Gasteiger partial charge in [-0.2, -0.15) is 0 Å². The Balaban J connectivity index is 1.82. The summed E-state index contributed by atoms with van der Waals surface area (Å²) in [5, 5.41) is 53.8. The molecule has 0 aromatic heterocycles. The maximum absolute atomic E-state index is 16.2. The highest BCUT2D eigenvalue weighted by atomic mass is 19.1.